The van der Waals surface area contributed by atoms with E-state index < -0.39 is 5.91 Å². The Morgan fingerprint density at radius 3 is 2.75 bits per heavy atom. The van der Waals surface area contributed by atoms with Gasteiger partial charge in [-0.2, -0.15) is 0 Å². The second kappa shape index (κ2) is 7.14. The van der Waals surface area contributed by atoms with Crippen LogP contribution in [-0.2, 0) is 6.61 Å². The van der Waals surface area contributed by atoms with Crippen LogP contribution in [0.25, 0.3) is 0 Å². The summed E-state index contributed by atoms with van der Waals surface area (Å²) in [6, 6.07) is 12.2. The molecular formula is C17H14ClN3O3. The zero-order valence-corrected chi connectivity index (χ0v) is 13.6. The Kier molecular flexibility index (Phi) is 4.77. The SMILES string of the molecule is Cc1onc(C(=O)Nc2ccccn2)c1COc1ccc(Cl)cc1. The molecule has 0 radical (unpaired) electrons. The number of nitrogens with zero attached hydrogens (tertiary/aromatic N) is 2. The van der Waals surface area contributed by atoms with Gasteiger partial charge in [0.2, 0.25) is 0 Å². The molecule has 0 unspecified atom stereocenters. The third-order valence-electron chi connectivity index (χ3n) is 3.30. The van der Waals surface area contributed by atoms with Gasteiger partial charge in [0.05, 0.1) is 5.56 Å². The number of pyridine rings is 1. The second-order valence-corrected chi connectivity index (χ2v) is 5.41. The molecule has 0 atom stereocenters. The van der Waals surface area contributed by atoms with Crippen molar-refractivity contribution in [2.75, 3.05) is 5.32 Å². The van der Waals surface area contributed by atoms with Gasteiger partial charge in [-0.25, -0.2) is 4.98 Å². The lowest BCUT2D eigenvalue weighted by atomic mass is 10.2. The van der Waals surface area contributed by atoms with Gasteiger partial charge in [0.25, 0.3) is 5.91 Å². The Morgan fingerprint density at radius 1 is 1.25 bits per heavy atom. The quantitative estimate of drug-likeness (QED) is 0.761. The Labute approximate surface area is 143 Å². The largest absolute Gasteiger partial charge is 0.489 e. The van der Waals surface area contributed by atoms with Crippen molar-refractivity contribution in [3.8, 4) is 5.75 Å². The maximum absolute atomic E-state index is 12.4. The van der Waals surface area contributed by atoms with Crippen LogP contribution in [0, 0.1) is 6.92 Å². The first-order chi connectivity index (χ1) is 11.6. The topological polar surface area (TPSA) is 77.3 Å². The van der Waals surface area contributed by atoms with Crippen LogP contribution in [0.4, 0.5) is 5.82 Å². The van der Waals surface area contributed by atoms with E-state index >= 15 is 0 Å². The Balaban J connectivity index is 1.73. The number of nitrogens with one attached hydrogen (secondary N) is 1. The summed E-state index contributed by atoms with van der Waals surface area (Å²) in [5, 5.41) is 7.12. The zero-order chi connectivity index (χ0) is 16.9. The van der Waals surface area contributed by atoms with Crippen molar-refractivity contribution in [3.63, 3.8) is 0 Å². The average molecular weight is 344 g/mol. The molecule has 3 aromatic rings. The summed E-state index contributed by atoms with van der Waals surface area (Å²) in [4.78, 5) is 16.4. The summed E-state index contributed by atoms with van der Waals surface area (Å²) in [5.41, 5.74) is 0.755. The molecule has 2 aromatic heterocycles. The molecule has 7 heteroatoms. The first kappa shape index (κ1) is 16.0. The van der Waals surface area contributed by atoms with Gasteiger partial charge in [-0.3, -0.25) is 4.79 Å². The number of anilines is 1. The number of benzene rings is 1. The molecule has 1 amide bonds. The van der Waals surface area contributed by atoms with Crippen molar-refractivity contribution in [2.24, 2.45) is 0 Å². The number of carbonyl (C=O) groups excluding carboxylic acids is 1. The number of hydrogen-bond donors (Lipinski definition) is 1. The van der Waals surface area contributed by atoms with Gasteiger partial charge in [-0.15, -0.1) is 0 Å². The Morgan fingerprint density at radius 2 is 2.04 bits per heavy atom. The van der Waals surface area contributed by atoms with Crippen molar-refractivity contribution in [3.05, 3.63) is 70.7 Å². The Bertz CT molecular complexity index is 832. The number of ether oxygens (including phenoxy) is 1. The van der Waals surface area contributed by atoms with Crippen LogP contribution < -0.4 is 10.1 Å². The number of carbonyl (C=O) groups is 1. The molecule has 0 saturated heterocycles. The van der Waals surface area contributed by atoms with E-state index in [1.807, 2.05) is 0 Å². The van der Waals surface area contributed by atoms with Crippen molar-refractivity contribution >= 4 is 23.3 Å². The number of aromatic nitrogens is 2. The van der Waals surface area contributed by atoms with Crippen molar-refractivity contribution in [1.29, 1.82) is 0 Å². The number of amides is 1. The van der Waals surface area contributed by atoms with E-state index in [4.69, 9.17) is 20.9 Å². The number of hydrogen-bond acceptors (Lipinski definition) is 5. The smallest absolute Gasteiger partial charge is 0.279 e. The molecule has 0 aliphatic carbocycles. The van der Waals surface area contributed by atoms with Gasteiger partial charge in [-0.1, -0.05) is 22.8 Å². The van der Waals surface area contributed by atoms with Crippen LogP contribution in [0.1, 0.15) is 21.8 Å². The Hall–Kier alpha value is -2.86. The van der Waals surface area contributed by atoms with Gasteiger partial charge >= 0.3 is 0 Å². The molecule has 0 spiro atoms. The van der Waals surface area contributed by atoms with Crippen molar-refractivity contribution < 1.29 is 14.1 Å². The molecule has 0 aliphatic rings. The summed E-state index contributed by atoms with van der Waals surface area (Å²) in [6.07, 6.45) is 1.59. The molecule has 0 bridgehead atoms. The monoisotopic (exact) mass is 343 g/mol. The highest BCUT2D eigenvalue weighted by Crippen LogP contribution is 2.20. The summed E-state index contributed by atoms with van der Waals surface area (Å²) in [5.74, 6) is 1.19. The van der Waals surface area contributed by atoms with Gasteiger partial charge in [0, 0.05) is 11.2 Å². The van der Waals surface area contributed by atoms with E-state index in [-0.39, 0.29) is 12.3 Å². The third kappa shape index (κ3) is 3.72. The first-order valence-electron chi connectivity index (χ1n) is 7.19. The molecule has 1 N–H and O–H groups in total. The standard InChI is InChI=1S/C17H14ClN3O3/c1-11-14(10-23-13-7-5-12(18)6-8-13)16(21-24-11)17(22)20-15-4-2-3-9-19-15/h2-9H,10H2,1H3,(H,19,20,22). The van der Waals surface area contributed by atoms with E-state index in [1.54, 1.807) is 55.6 Å². The van der Waals surface area contributed by atoms with E-state index in [0.29, 0.717) is 27.9 Å². The van der Waals surface area contributed by atoms with Crippen LogP contribution in [0.15, 0.2) is 53.2 Å². The van der Waals surface area contributed by atoms with Crippen molar-refractivity contribution in [2.45, 2.75) is 13.5 Å². The third-order valence-corrected chi connectivity index (χ3v) is 3.56. The van der Waals surface area contributed by atoms with E-state index in [9.17, 15) is 4.79 Å². The fourth-order valence-corrected chi connectivity index (χ4v) is 2.16. The number of aryl methyl sites for hydroxylation is 1. The average Bonchev–Trinajstić information content (AvgIpc) is 2.96. The van der Waals surface area contributed by atoms with Crippen molar-refractivity contribution in [1.82, 2.24) is 10.1 Å². The summed E-state index contributed by atoms with van der Waals surface area (Å²) in [6.45, 7) is 1.88. The lowest BCUT2D eigenvalue weighted by Crippen LogP contribution is -2.16. The fraction of sp³-hybridized carbons (Fsp3) is 0.118. The van der Waals surface area contributed by atoms with Crippen LogP contribution in [0.5, 0.6) is 5.75 Å². The first-order valence-corrected chi connectivity index (χ1v) is 7.57. The molecule has 6 nitrogen and oxygen atoms in total. The maximum atomic E-state index is 12.4. The molecule has 0 aliphatic heterocycles. The highest BCUT2D eigenvalue weighted by atomic mass is 35.5. The second-order valence-electron chi connectivity index (χ2n) is 4.98. The van der Waals surface area contributed by atoms with Crippen LogP contribution in [0.3, 0.4) is 0 Å². The van der Waals surface area contributed by atoms with E-state index in [1.165, 1.54) is 0 Å². The van der Waals surface area contributed by atoms with E-state index in [0.717, 1.165) is 0 Å². The van der Waals surface area contributed by atoms with Crippen LogP contribution >= 0.6 is 11.6 Å². The minimum Gasteiger partial charge on any atom is -0.489 e. The highest BCUT2D eigenvalue weighted by Gasteiger charge is 2.20. The van der Waals surface area contributed by atoms with Crippen LogP contribution in [-0.4, -0.2) is 16.0 Å². The molecule has 0 fully saturated rings. The predicted octanol–water partition coefficient (Wildman–Crippen LogP) is 3.86. The number of halogens is 1. The lowest BCUT2D eigenvalue weighted by molar-refractivity contribution is 0.101. The van der Waals surface area contributed by atoms with Gasteiger partial charge in [0.1, 0.15) is 23.9 Å². The fourth-order valence-electron chi connectivity index (χ4n) is 2.04. The molecule has 24 heavy (non-hydrogen) atoms. The molecule has 0 saturated carbocycles. The van der Waals surface area contributed by atoms with E-state index in [2.05, 4.69) is 15.5 Å². The molecular weight excluding hydrogens is 330 g/mol. The van der Waals surface area contributed by atoms with Crippen LogP contribution in [0.2, 0.25) is 5.02 Å². The molecule has 2 heterocycles. The zero-order valence-electron chi connectivity index (χ0n) is 12.8. The molecule has 3 rings (SSSR count). The predicted molar refractivity (Wildman–Crippen MR) is 89.2 cm³/mol. The number of rotatable bonds is 5. The molecule has 1 aromatic carbocycles. The highest BCUT2D eigenvalue weighted by molar-refractivity contribution is 6.30. The lowest BCUT2D eigenvalue weighted by Gasteiger charge is -2.07. The summed E-state index contributed by atoms with van der Waals surface area (Å²) >= 11 is 5.84. The van der Waals surface area contributed by atoms with Gasteiger partial charge < -0.3 is 14.6 Å². The van der Waals surface area contributed by atoms with Gasteiger partial charge in [-0.05, 0) is 43.3 Å². The van der Waals surface area contributed by atoms with Gasteiger partial charge in [0.15, 0.2) is 5.69 Å². The molecule has 122 valence electrons. The minimum atomic E-state index is -0.403. The minimum absolute atomic E-state index is 0.155. The summed E-state index contributed by atoms with van der Waals surface area (Å²) < 4.78 is 10.8. The summed E-state index contributed by atoms with van der Waals surface area (Å²) in [7, 11) is 0. The maximum Gasteiger partial charge on any atom is 0.279 e. The normalized spacial score (nSPS) is 10.4.